The van der Waals surface area contributed by atoms with Gasteiger partial charge in [-0.15, -0.1) is 0 Å². The quantitative estimate of drug-likeness (QED) is 0.293. The first-order valence-corrected chi connectivity index (χ1v) is 15.3. The average molecular weight is 601 g/mol. The van der Waals surface area contributed by atoms with Crippen LogP contribution in [0.1, 0.15) is 77.1 Å². The summed E-state index contributed by atoms with van der Waals surface area (Å²) in [5, 5.41) is 13.8. The van der Waals surface area contributed by atoms with Crippen molar-refractivity contribution in [1.82, 2.24) is 31.5 Å². The molecule has 1 aromatic carbocycles. The van der Waals surface area contributed by atoms with Gasteiger partial charge in [0.15, 0.2) is 0 Å². The minimum absolute atomic E-state index is 0.0572. The molecule has 5 amide bonds. The SMILES string of the molecule is CC(C)[C@H]1NC(=O)C(C)(C)NC(=O)C[C@@H](C(=O)NCCCCN2CCCC2)NC(=O)c2ccccc2OC[C@H](C)NC1=O. The van der Waals surface area contributed by atoms with E-state index < -0.39 is 59.6 Å². The Hall–Kier alpha value is -3.67. The fourth-order valence-corrected chi connectivity index (χ4v) is 5.11. The van der Waals surface area contributed by atoms with Crippen molar-refractivity contribution >= 4 is 29.5 Å². The van der Waals surface area contributed by atoms with Gasteiger partial charge in [-0.25, -0.2) is 0 Å². The van der Waals surface area contributed by atoms with Gasteiger partial charge < -0.3 is 36.2 Å². The third kappa shape index (κ3) is 10.2. The van der Waals surface area contributed by atoms with Crippen LogP contribution in [0.2, 0.25) is 0 Å². The fraction of sp³-hybridized carbons (Fsp3) is 0.645. The lowest BCUT2D eigenvalue weighted by Gasteiger charge is -2.30. The molecule has 12 heteroatoms. The molecule has 1 aromatic rings. The molecule has 0 spiro atoms. The predicted octanol–water partition coefficient (Wildman–Crippen LogP) is 1.10. The molecule has 2 aliphatic rings. The summed E-state index contributed by atoms with van der Waals surface area (Å²) < 4.78 is 5.90. The number of nitrogens with zero attached hydrogens (tertiary/aromatic N) is 1. The van der Waals surface area contributed by atoms with Crippen LogP contribution in [0.3, 0.4) is 0 Å². The highest BCUT2D eigenvalue weighted by Crippen LogP contribution is 2.19. The topological polar surface area (TPSA) is 158 Å². The van der Waals surface area contributed by atoms with Crippen molar-refractivity contribution < 1.29 is 28.7 Å². The van der Waals surface area contributed by atoms with E-state index >= 15 is 0 Å². The van der Waals surface area contributed by atoms with Crippen molar-refractivity contribution in [2.24, 2.45) is 5.92 Å². The van der Waals surface area contributed by atoms with Crippen molar-refractivity contribution in [3.05, 3.63) is 29.8 Å². The van der Waals surface area contributed by atoms with Crippen LogP contribution in [0.5, 0.6) is 5.75 Å². The van der Waals surface area contributed by atoms with Crippen LogP contribution < -0.4 is 31.3 Å². The first-order valence-electron chi connectivity index (χ1n) is 15.3. The van der Waals surface area contributed by atoms with Gasteiger partial charge in [0.25, 0.3) is 5.91 Å². The lowest BCUT2D eigenvalue weighted by Crippen LogP contribution is -2.61. The minimum Gasteiger partial charge on any atom is -0.491 e. The Morgan fingerprint density at radius 1 is 1.05 bits per heavy atom. The highest BCUT2D eigenvalue weighted by atomic mass is 16.5. The molecule has 0 bridgehead atoms. The van der Waals surface area contributed by atoms with Gasteiger partial charge in [0.1, 0.15) is 30.0 Å². The van der Waals surface area contributed by atoms with E-state index in [-0.39, 0.29) is 23.8 Å². The summed E-state index contributed by atoms with van der Waals surface area (Å²) in [5.41, 5.74) is -1.22. The molecule has 0 unspecified atom stereocenters. The molecule has 0 radical (unpaired) electrons. The molecule has 3 rings (SSSR count). The van der Waals surface area contributed by atoms with E-state index in [0.717, 1.165) is 32.5 Å². The molecular weight excluding hydrogens is 552 g/mol. The number of likely N-dealkylation sites (tertiary alicyclic amines) is 1. The standard InChI is InChI=1S/C31H48N6O6/c1-20(2)26-29(41)33-21(3)19-43-24-13-7-6-12-22(24)27(39)34-23(18-25(38)36-31(4,5)30(42)35-26)28(40)32-14-8-9-15-37-16-10-11-17-37/h6-7,12-13,20-21,23,26H,8-11,14-19H2,1-5H3,(H,32,40)(H,33,41)(H,34,39)(H,35,42)(H,36,38)/t21-,23-,26+/m0/s1. The Balaban J connectivity index is 1.80. The van der Waals surface area contributed by atoms with Crippen LogP contribution in [-0.4, -0.2) is 90.9 Å². The van der Waals surface area contributed by atoms with E-state index in [9.17, 15) is 24.0 Å². The molecule has 0 aromatic heterocycles. The smallest absolute Gasteiger partial charge is 0.255 e. The van der Waals surface area contributed by atoms with Crippen molar-refractivity contribution in [3.63, 3.8) is 0 Å². The summed E-state index contributed by atoms with van der Waals surface area (Å²) in [6.45, 7) is 12.1. The van der Waals surface area contributed by atoms with E-state index in [1.807, 2.05) is 13.8 Å². The van der Waals surface area contributed by atoms with Crippen molar-refractivity contribution in [2.45, 2.75) is 90.4 Å². The third-order valence-electron chi connectivity index (χ3n) is 7.67. The number of nitrogens with one attached hydrogen (secondary N) is 5. The molecule has 1 saturated heterocycles. The molecule has 2 heterocycles. The number of hydrogen-bond donors (Lipinski definition) is 5. The maximum Gasteiger partial charge on any atom is 0.255 e. The van der Waals surface area contributed by atoms with E-state index in [1.165, 1.54) is 26.7 Å². The largest absolute Gasteiger partial charge is 0.491 e. The molecular formula is C31H48N6O6. The summed E-state index contributed by atoms with van der Waals surface area (Å²) in [6, 6.07) is 4.07. The van der Waals surface area contributed by atoms with E-state index in [4.69, 9.17) is 4.74 Å². The summed E-state index contributed by atoms with van der Waals surface area (Å²) in [4.78, 5) is 68.5. The third-order valence-corrected chi connectivity index (χ3v) is 7.67. The van der Waals surface area contributed by atoms with Crippen molar-refractivity contribution in [1.29, 1.82) is 0 Å². The normalized spacial score (nSPS) is 24.1. The van der Waals surface area contributed by atoms with Crippen molar-refractivity contribution in [2.75, 3.05) is 32.8 Å². The maximum absolute atomic E-state index is 13.4. The molecule has 0 saturated carbocycles. The first kappa shape index (κ1) is 33.8. The number of fused-ring (bicyclic) bond motifs is 1. The van der Waals surface area contributed by atoms with E-state index in [1.54, 1.807) is 31.2 Å². The second kappa shape index (κ2) is 15.7. The molecule has 1 fully saturated rings. The number of carbonyl (C=O) groups is 5. The van der Waals surface area contributed by atoms with Gasteiger partial charge in [0, 0.05) is 6.54 Å². The number of rotatable bonds is 7. The van der Waals surface area contributed by atoms with Gasteiger partial charge >= 0.3 is 0 Å². The highest BCUT2D eigenvalue weighted by molar-refractivity contribution is 6.01. The van der Waals surface area contributed by atoms with Gasteiger partial charge in [0.05, 0.1) is 18.0 Å². The highest BCUT2D eigenvalue weighted by Gasteiger charge is 2.36. The second-order valence-electron chi connectivity index (χ2n) is 12.4. The monoisotopic (exact) mass is 600 g/mol. The van der Waals surface area contributed by atoms with Gasteiger partial charge in [0.2, 0.25) is 23.6 Å². The summed E-state index contributed by atoms with van der Waals surface area (Å²) >= 11 is 0. The molecule has 0 aliphatic carbocycles. The summed E-state index contributed by atoms with van der Waals surface area (Å²) in [7, 11) is 0. The van der Waals surface area contributed by atoms with Crippen LogP contribution in [0.25, 0.3) is 0 Å². The number of unbranched alkanes of at least 4 members (excludes halogenated alkanes) is 1. The molecule has 5 N–H and O–H groups in total. The van der Waals surface area contributed by atoms with Crippen LogP contribution >= 0.6 is 0 Å². The zero-order valence-corrected chi connectivity index (χ0v) is 26.1. The molecule has 3 atom stereocenters. The molecule has 238 valence electrons. The van der Waals surface area contributed by atoms with Gasteiger partial charge in [-0.2, -0.15) is 0 Å². The molecule has 43 heavy (non-hydrogen) atoms. The Labute approximate surface area is 254 Å². The van der Waals surface area contributed by atoms with Crippen LogP contribution in [0, 0.1) is 5.92 Å². The van der Waals surface area contributed by atoms with Crippen molar-refractivity contribution in [3.8, 4) is 5.75 Å². The average Bonchev–Trinajstić information content (AvgIpc) is 3.46. The zero-order chi connectivity index (χ0) is 31.6. The molecule has 12 nitrogen and oxygen atoms in total. The van der Waals surface area contributed by atoms with Gasteiger partial charge in [-0.1, -0.05) is 26.0 Å². The minimum atomic E-state index is -1.40. The number of carbonyl (C=O) groups excluding carboxylic acids is 5. The lowest BCUT2D eigenvalue weighted by molar-refractivity contribution is -0.136. The van der Waals surface area contributed by atoms with E-state index in [0.29, 0.717) is 6.54 Å². The first-order chi connectivity index (χ1) is 20.4. The maximum atomic E-state index is 13.4. The Morgan fingerprint density at radius 2 is 1.74 bits per heavy atom. The second-order valence-corrected chi connectivity index (χ2v) is 12.4. The van der Waals surface area contributed by atoms with Crippen LogP contribution in [0.15, 0.2) is 24.3 Å². The molecule has 2 aliphatic heterocycles. The number of hydrogen-bond acceptors (Lipinski definition) is 7. The van der Waals surface area contributed by atoms with Crippen LogP contribution in [0.4, 0.5) is 0 Å². The van der Waals surface area contributed by atoms with Gasteiger partial charge in [-0.05, 0) is 84.1 Å². The Kier molecular flexibility index (Phi) is 12.4. The number of para-hydroxylation sites is 1. The predicted molar refractivity (Wildman–Crippen MR) is 162 cm³/mol. The van der Waals surface area contributed by atoms with E-state index in [2.05, 4.69) is 31.5 Å². The Morgan fingerprint density at radius 3 is 2.44 bits per heavy atom. The summed E-state index contributed by atoms with van der Waals surface area (Å²) in [5.74, 6) is -2.61. The number of amides is 5. The number of benzene rings is 1. The fourth-order valence-electron chi connectivity index (χ4n) is 5.11. The number of ether oxygens (including phenoxy) is 1. The zero-order valence-electron chi connectivity index (χ0n) is 26.1. The Bertz CT molecular complexity index is 1150. The lowest BCUT2D eigenvalue weighted by atomic mass is 9.98. The van der Waals surface area contributed by atoms with Gasteiger partial charge in [-0.3, -0.25) is 24.0 Å². The van der Waals surface area contributed by atoms with Crippen LogP contribution in [-0.2, 0) is 19.2 Å². The summed E-state index contributed by atoms with van der Waals surface area (Å²) in [6.07, 6.45) is 3.74.